The van der Waals surface area contributed by atoms with Crippen molar-refractivity contribution in [3.05, 3.63) is 35.6 Å². The second-order valence-electron chi connectivity index (χ2n) is 5.75. The zero-order chi connectivity index (χ0) is 15.4. The molecule has 0 aromatic heterocycles. The van der Waals surface area contributed by atoms with Gasteiger partial charge in [-0.3, -0.25) is 9.69 Å². The Bertz CT molecular complexity index is 478. The largest absolute Gasteiger partial charge is 0.392 e. The molecule has 1 aliphatic heterocycles. The topological polar surface area (TPSA) is 52.6 Å². The first-order valence-electron chi connectivity index (χ1n) is 7.45. The van der Waals surface area contributed by atoms with Gasteiger partial charge in [-0.15, -0.1) is 0 Å². The molecule has 1 amide bonds. The van der Waals surface area contributed by atoms with Crippen molar-refractivity contribution in [3.8, 4) is 0 Å². The summed E-state index contributed by atoms with van der Waals surface area (Å²) in [6.45, 7) is 5.10. The summed E-state index contributed by atoms with van der Waals surface area (Å²) < 4.78 is 12.9. The zero-order valence-electron chi connectivity index (χ0n) is 12.6. The van der Waals surface area contributed by atoms with E-state index in [1.807, 2.05) is 18.7 Å². The number of nitrogens with one attached hydrogen (secondary N) is 1. The van der Waals surface area contributed by atoms with Gasteiger partial charge in [-0.05, 0) is 50.9 Å². The Hall–Kier alpha value is -1.46. The minimum absolute atomic E-state index is 0.0686. The third-order valence-corrected chi connectivity index (χ3v) is 4.08. The molecule has 5 heteroatoms. The summed E-state index contributed by atoms with van der Waals surface area (Å²) in [7, 11) is 0. The lowest BCUT2D eigenvalue weighted by atomic mass is 10.1. The summed E-state index contributed by atoms with van der Waals surface area (Å²) in [5.41, 5.74) is 0.871. The molecule has 1 saturated heterocycles. The fourth-order valence-electron chi connectivity index (χ4n) is 2.67. The molecule has 0 spiro atoms. The number of hydrogen-bond acceptors (Lipinski definition) is 3. The number of aliphatic hydroxyl groups is 1. The van der Waals surface area contributed by atoms with E-state index in [0.29, 0.717) is 6.54 Å². The van der Waals surface area contributed by atoms with Crippen molar-refractivity contribution in [2.45, 2.75) is 44.9 Å². The number of piperidine rings is 1. The van der Waals surface area contributed by atoms with Crippen LogP contribution in [0.25, 0.3) is 0 Å². The smallest absolute Gasteiger partial charge is 0.237 e. The van der Waals surface area contributed by atoms with Crippen LogP contribution < -0.4 is 5.32 Å². The summed E-state index contributed by atoms with van der Waals surface area (Å²) in [6.07, 6.45) is 1.37. The molecule has 1 aliphatic rings. The van der Waals surface area contributed by atoms with E-state index >= 15 is 0 Å². The highest BCUT2D eigenvalue weighted by atomic mass is 19.1. The van der Waals surface area contributed by atoms with Gasteiger partial charge in [0.25, 0.3) is 0 Å². The van der Waals surface area contributed by atoms with E-state index in [0.717, 1.165) is 24.9 Å². The molecule has 3 unspecified atom stereocenters. The van der Waals surface area contributed by atoms with Crippen LogP contribution in [0.1, 0.15) is 38.3 Å². The molecule has 0 aliphatic carbocycles. The quantitative estimate of drug-likeness (QED) is 0.891. The molecule has 1 aromatic rings. The van der Waals surface area contributed by atoms with Gasteiger partial charge >= 0.3 is 0 Å². The van der Waals surface area contributed by atoms with Crippen molar-refractivity contribution in [2.75, 3.05) is 13.1 Å². The van der Waals surface area contributed by atoms with Crippen LogP contribution in [0, 0.1) is 5.82 Å². The molecule has 21 heavy (non-hydrogen) atoms. The number of aliphatic hydroxyl groups excluding tert-OH is 1. The van der Waals surface area contributed by atoms with Gasteiger partial charge in [0.05, 0.1) is 18.2 Å². The van der Waals surface area contributed by atoms with E-state index in [1.165, 1.54) is 12.1 Å². The van der Waals surface area contributed by atoms with Gasteiger partial charge in [-0.1, -0.05) is 12.1 Å². The van der Waals surface area contributed by atoms with Crippen LogP contribution >= 0.6 is 0 Å². The normalized spacial score (nSPS) is 22.6. The van der Waals surface area contributed by atoms with Gasteiger partial charge in [0, 0.05) is 6.54 Å². The standard InChI is InChI=1S/C16H23FN2O2/c1-11(13-5-7-14(17)8-6-13)18-16(21)12(2)19-9-3-4-15(20)10-19/h5-8,11-12,15,20H,3-4,9-10H2,1-2H3,(H,18,21). The number of nitrogens with zero attached hydrogens (tertiary/aromatic N) is 1. The average Bonchev–Trinajstić information content (AvgIpc) is 2.47. The SMILES string of the molecule is CC(NC(=O)C(C)N1CCCC(O)C1)c1ccc(F)cc1. The molecule has 0 radical (unpaired) electrons. The van der Waals surface area contributed by atoms with Gasteiger partial charge in [0.15, 0.2) is 0 Å². The molecule has 1 heterocycles. The lowest BCUT2D eigenvalue weighted by Gasteiger charge is -2.34. The minimum atomic E-state index is -0.344. The number of rotatable bonds is 4. The number of β-amino-alcohol motifs (C(OH)–C–C–N with tert-alkyl or cyclic N) is 1. The highest BCUT2D eigenvalue weighted by molar-refractivity contribution is 5.81. The monoisotopic (exact) mass is 294 g/mol. The van der Waals surface area contributed by atoms with Crippen LogP contribution in [0.15, 0.2) is 24.3 Å². The maximum atomic E-state index is 12.9. The first-order chi connectivity index (χ1) is 9.97. The van der Waals surface area contributed by atoms with Gasteiger partial charge in [0.2, 0.25) is 5.91 Å². The van der Waals surface area contributed by atoms with Crippen molar-refractivity contribution in [3.63, 3.8) is 0 Å². The molecule has 2 rings (SSSR count). The van der Waals surface area contributed by atoms with Crippen LogP contribution in [-0.2, 0) is 4.79 Å². The Kier molecular flexibility index (Phi) is 5.31. The molecule has 2 N–H and O–H groups in total. The Balaban J connectivity index is 1.92. The number of likely N-dealkylation sites (tertiary alicyclic amines) is 1. The van der Waals surface area contributed by atoms with Crippen LogP contribution in [-0.4, -0.2) is 41.1 Å². The Morgan fingerprint density at radius 2 is 2.05 bits per heavy atom. The number of amides is 1. The first kappa shape index (κ1) is 15.9. The molecule has 1 aromatic carbocycles. The maximum Gasteiger partial charge on any atom is 0.237 e. The first-order valence-corrected chi connectivity index (χ1v) is 7.45. The molecule has 116 valence electrons. The van der Waals surface area contributed by atoms with Crippen LogP contribution in [0.5, 0.6) is 0 Å². The summed E-state index contributed by atoms with van der Waals surface area (Å²) in [5.74, 6) is -0.353. The van der Waals surface area contributed by atoms with E-state index in [1.54, 1.807) is 12.1 Å². The van der Waals surface area contributed by atoms with E-state index in [-0.39, 0.29) is 29.9 Å². The van der Waals surface area contributed by atoms with Crippen LogP contribution in [0.3, 0.4) is 0 Å². The Morgan fingerprint density at radius 1 is 1.38 bits per heavy atom. The number of carbonyl (C=O) groups is 1. The highest BCUT2D eigenvalue weighted by Crippen LogP contribution is 2.16. The summed E-state index contributed by atoms with van der Waals surface area (Å²) in [5, 5.41) is 12.6. The fraction of sp³-hybridized carbons (Fsp3) is 0.562. The van der Waals surface area contributed by atoms with Gasteiger partial charge in [-0.2, -0.15) is 0 Å². The molecule has 0 bridgehead atoms. The van der Waals surface area contributed by atoms with Crippen molar-refractivity contribution in [1.82, 2.24) is 10.2 Å². The summed E-state index contributed by atoms with van der Waals surface area (Å²) in [6, 6.07) is 5.69. The highest BCUT2D eigenvalue weighted by Gasteiger charge is 2.27. The maximum absolute atomic E-state index is 12.9. The van der Waals surface area contributed by atoms with Crippen molar-refractivity contribution >= 4 is 5.91 Å². The predicted molar refractivity (Wildman–Crippen MR) is 79.2 cm³/mol. The second kappa shape index (κ2) is 7.00. The van der Waals surface area contributed by atoms with Crippen molar-refractivity contribution < 1.29 is 14.3 Å². The summed E-state index contributed by atoms with van der Waals surface area (Å²) >= 11 is 0. The Morgan fingerprint density at radius 3 is 2.67 bits per heavy atom. The molecule has 3 atom stereocenters. The Labute approximate surface area is 125 Å². The average molecular weight is 294 g/mol. The molecular weight excluding hydrogens is 271 g/mol. The number of halogens is 1. The van der Waals surface area contributed by atoms with E-state index < -0.39 is 0 Å². The summed E-state index contributed by atoms with van der Waals surface area (Å²) in [4.78, 5) is 14.3. The van der Waals surface area contributed by atoms with E-state index in [9.17, 15) is 14.3 Å². The molecule has 4 nitrogen and oxygen atoms in total. The van der Waals surface area contributed by atoms with Crippen LogP contribution in [0.4, 0.5) is 4.39 Å². The predicted octanol–water partition coefficient (Wildman–Crippen LogP) is 1.85. The third kappa shape index (κ3) is 4.25. The van der Waals surface area contributed by atoms with Gasteiger partial charge < -0.3 is 10.4 Å². The lowest BCUT2D eigenvalue weighted by molar-refractivity contribution is -0.127. The number of carbonyl (C=O) groups excluding carboxylic acids is 1. The minimum Gasteiger partial charge on any atom is -0.392 e. The zero-order valence-corrected chi connectivity index (χ0v) is 12.6. The van der Waals surface area contributed by atoms with Crippen molar-refractivity contribution in [2.24, 2.45) is 0 Å². The molecular formula is C16H23FN2O2. The van der Waals surface area contributed by atoms with Crippen LogP contribution in [0.2, 0.25) is 0 Å². The van der Waals surface area contributed by atoms with E-state index in [2.05, 4.69) is 5.32 Å². The van der Waals surface area contributed by atoms with Gasteiger partial charge in [-0.25, -0.2) is 4.39 Å². The van der Waals surface area contributed by atoms with Crippen molar-refractivity contribution in [1.29, 1.82) is 0 Å². The number of benzene rings is 1. The second-order valence-corrected chi connectivity index (χ2v) is 5.75. The van der Waals surface area contributed by atoms with Gasteiger partial charge in [0.1, 0.15) is 5.82 Å². The third-order valence-electron chi connectivity index (χ3n) is 4.08. The molecule has 0 saturated carbocycles. The lowest BCUT2D eigenvalue weighted by Crippen LogP contribution is -2.50. The number of hydrogen-bond donors (Lipinski definition) is 2. The fourth-order valence-corrected chi connectivity index (χ4v) is 2.67. The molecule has 1 fully saturated rings. The van der Waals surface area contributed by atoms with E-state index in [4.69, 9.17) is 0 Å².